The number of fused-ring (bicyclic) bond motifs is 1. The fraction of sp³-hybridized carbons (Fsp3) is 0.569. The molecule has 20 heteroatoms. The molecule has 0 spiro atoms. The summed E-state index contributed by atoms with van der Waals surface area (Å²) in [4.78, 5) is 97.7. The van der Waals surface area contributed by atoms with Crippen molar-refractivity contribution in [1.29, 1.82) is 0 Å². The first-order valence-electron chi connectivity index (χ1n) is 26.2. The van der Waals surface area contributed by atoms with E-state index >= 15 is 0 Å². The predicted molar refractivity (Wildman–Crippen MR) is 286 cm³/mol. The highest BCUT2D eigenvalue weighted by molar-refractivity contribution is 5.85. The van der Waals surface area contributed by atoms with Crippen molar-refractivity contribution < 1.29 is 71.5 Å². The highest BCUT2D eigenvalue weighted by Crippen LogP contribution is 2.37. The first-order valence-corrected chi connectivity index (χ1v) is 26.2. The third-order valence-corrected chi connectivity index (χ3v) is 12.0. The number of benzene rings is 2. The normalized spacial score (nSPS) is 18.0. The van der Waals surface area contributed by atoms with Crippen LogP contribution in [0.3, 0.4) is 0 Å². The Morgan fingerprint density at radius 2 is 1.17 bits per heavy atom. The van der Waals surface area contributed by atoms with Crippen LogP contribution in [0, 0.1) is 27.1 Å². The van der Waals surface area contributed by atoms with E-state index in [0.29, 0.717) is 36.0 Å². The van der Waals surface area contributed by atoms with Gasteiger partial charge in [0, 0.05) is 19.3 Å². The molecule has 78 heavy (non-hydrogen) atoms. The Kier molecular flexibility index (Phi) is 20.3. The van der Waals surface area contributed by atoms with Gasteiger partial charge in [-0.1, -0.05) is 42.5 Å². The number of carbonyl (C=O) groups is 7. The maximum absolute atomic E-state index is 14.1. The number of pyridine rings is 1. The van der Waals surface area contributed by atoms with E-state index in [9.17, 15) is 33.6 Å². The molecule has 0 saturated carbocycles. The fourth-order valence-corrected chi connectivity index (χ4v) is 7.18. The second-order valence-electron chi connectivity index (χ2n) is 24.5. The molecule has 5 rings (SSSR count). The molecule has 0 unspecified atom stereocenters. The molecule has 4 aromatic rings. The molecule has 2 amide bonds. The third-order valence-electron chi connectivity index (χ3n) is 12.0. The summed E-state index contributed by atoms with van der Waals surface area (Å²) in [6, 6.07) is 18.1. The number of nitrogens with zero attached hydrogens (tertiary/aromatic N) is 3. The van der Waals surface area contributed by atoms with E-state index in [1.165, 1.54) is 0 Å². The number of aromatic nitrogens is 3. The van der Waals surface area contributed by atoms with Crippen LogP contribution >= 0.6 is 0 Å². The molecule has 426 valence electrons. The lowest BCUT2D eigenvalue weighted by atomic mass is 9.93. The number of hydrogen-bond acceptors (Lipinski definition) is 17. The van der Waals surface area contributed by atoms with Gasteiger partial charge >= 0.3 is 35.9 Å². The standard InChI is InChI=1S/C58H79N5O15/c1-54(2,3)48(65)71-34-39-42(75-50(67)56(7,8)9)43(76-51(68)57(10,11)12)44(77-52(69)58(13,14)15)47(74-39)78-46-41-37(25-22-35-23-26-38(27-24-35)73-49(66)55(4,5)6)28-30-60-45(41)63(62-46)31-19-29-59-40(64)32-61-53(70)72-33-36-20-17-16-18-21-36/h16-18,20-21,23-24,26-28,30,39,42-44,47H,19,22,25,29,31-34H2,1-15H3,(H,59,64)(H,61,70)/t39-,42-,43+,44-,47+/m1/s1. The Balaban J connectivity index is 1.54. The zero-order valence-corrected chi connectivity index (χ0v) is 47.9. The highest BCUT2D eigenvalue weighted by atomic mass is 16.7. The molecule has 1 aliphatic rings. The Bertz CT molecular complexity index is 2740. The molecular weight excluding hydrogens is 1010 g/mol. The quantitative estimate of drug-likeness (QED) is 0.0389. The third kappa shape index (κ3) is 17.7. The maximum Gasteiger partial charge on any atom is 0.407 e. The average molecular weight is 1090 g/mol. The van der Waals surface area contributed by atoms with Crippen LogP contribution in [0.2, 0.25) is 0 Å². The molecule has 20 nitrogen and oxygen atoms in total. The lowest BCUT2D eigenvalue weighted by Crippen LogP contribution is -2.65. The Morgan fingerprint density at radius 3 is 1.74 bits per heavy atom. The van der Waals surface area contributed by atoms with Crippen molar-refractivity contribution >= 4 is 52.9 Å². The van der Waals surface area contributed by atoms with Crippen LogP contribution in [-0.2, 0) is 83.2 Å². The van der Waals surface area contributed by atoms with Crippen LogP contribution in [0.15, 0.2) is 66.9 Å². The second-order valence-corrected chi connectivity index (χ2v) is 24.5. The minimum Gasteiger partial charge on any atom is -0.462 e. The number of esters is 5. The van der Waals surface area contributed by atoms with Crippen molar-refractivity contribution in [3.8, 4) is 11.6 Å². The predicted octanol–water partition coefficient (Wildman–Crippen LogP) is 8.17. The minimum absolute atomic E-state index is 0.0296. The van der Waals surface area contributed by atoms with Crippen LogP contribution in [0.4, 0.5) is 4.79 Å². The van der Waals surface area contributed by atoms with Gasteiger partial charge in [0.1, 0.15) is 25.1 Å². The zero-order chi connectivity index (χ0) is 58.0. The molecule has 2 N–H and O–H groups in total. The Labute approximate surface area is 457 Å². The minimum atomic E-state index is -1.66. The Hall–Kier alpha value is -7.09. The Morgan fingerprint density at radius 1 is 0.603 bits per heavy atom. The summed E-state index contributed by atoms with van der Waals surface area (Å²) in [5.41, 5.74) is -2.16. The van der Waals surface area contributed by atoms with Crippen molar-refractivity contribution in [3.05, 3.63) is 83.6 Å². The lowest BCUT2D eigenvalue weighted by molar-refractivity contribution is -0.294. The second kappa shape index (κ2) is 25.6. The van der Waals surface area contributed by atoms with Crippen molar-refractivity contribution in [1.82, 2.24) is 25.4 Å². The van der Waals surface area contributed by atoms with Gasteiger partial charge in [-0.25, -0.2) is 14.5 Å². The van der Waals surface area contributed by atoms with Gasteiger partial charge in [0.15, 0.2) is 17.9 Å². The van der Waals surface area contributed by atoms with Gasteiger partial charge in [-0.2, -0.15) is 0 Å². The molecule has 1 fully saturated rings. The van der Waals surface area contributed by atoms with Crippen LogP contribution in [0.1, 0.15) is 127 Å². The van der Waals surface area contributed by atoms with Gasteiger partial charge in [-0.15, -0.1) is 5.10 Å². The molecule has 2 aromatic heterocycles. The monoisotopic (exact) mass is 1090 g/mol. The van der Waals surface area contributed by atoms with Crippen LogP contribution in [0.25, 0.3) is 11.0 Å². The molecule has 3 heterocycles. The first kappa shape index (κ1) is 61.8. The number of nitrogens with one attached hydrogen (secondary N) is 2. The van der Waals surface area contributed by atoms with Crippen molar-refractivity contribution in [2.45, 2.75) is 167 Å². The van der Waals surface area contributed by atoms with Gasteiger partial charge < -0.3 is 48.5 Å². The van der Waals surface area contributed by atoms with E-state index in [-0.39, 0.29) is 38.1 Å². The summed E-state index contributed by atoms with van der Waals surface area (Å²) in [5.74, 6) is -3.25. The van der Waals surface area contributed by atoms with E-state index in [4.69, 9.17) is 48.0 Å². The summed E-state index contributed by atoms with van der Waals surface area (Å²) in [6.45, 7) is 24.6. The largest absolute Gasteiger partial charge is 0.462 e. The van der Waals surface area contributed by atoms with E-state index < -0.39 is 100 Å². The summed E-state index contributed by atoms with van der Waals surface area (Å²) in [6.07, 6.45) is -5.63. The van der Waals surface area contributed by atoms with Crippen molar-refractivity contribution in [3.63, 3.8) is 0 Å². The summed E-state index contributed by atoms with van der Waals surface area (Å²) in [5, 5.41) is 10.6. The summed E-state index contributed by atoms with van der Waals surface area (Å²) >= 11 is 0. The highest BCUT2D eigenvalue weighted by Gasteiger charge is 2.56. The maximum atomic E-state index is 14.1. The molecule has 0 radical (unpaired) electrons. The molecule has 1 aliphatic heterocycles. The smallest absolute Gasteiger partial charge is 0.407 e. The van der Waals surface area contributed by atoms with E-state index in [1.807, 2.05) is 48.5 Å². The van der Waals surface area contributed by atoms with E-state index in [1.54, 1.807) is 127 Å². The molecule has 5 atom stereocenters. The average Bonchev–Trinajstić information content (AvgIpc) is 3.73. The van der Waals surface area contributed by atoms with Crippen LogP contribution in [0.5, 0.6) is 11.6 Å². The molecule has 0 bridgehead atoms. The molecule has 0 aliphatic carbocycles. The van der Waals surface area contributed by atoms with Crippen LogP contribution in [-0.4, -0.2) is 107 Å². The summed E-state index contributed by atoms with van der Waals surface area (Å²) in [7, 11) is 0. The molecule has 1 saturated heterocycles. The summed E-state index contributed by atoms with van der Waals surface area (Å²) < 4.78 is 50.3. The first-order chi connectivity index (χ1) is 36.2. The van der Waals surface area contributed by atoms with Crippen molar-refractivity contribution in [2.75, 3.05) is 19.7 Å². The molecular formula is C58H79N5O15. The lowest BCUT2D eigenvalue weighted by Gasteiger charge is -2.45. The van der Waals surface area contributed by atoms with E-state index in [0.717, 1.165) is 16.7 Å². The van der Waals surface area contributed by atoms with E-state index in [2.05, 4.69) is 10.6 Å². The number of carbonyl (C=O) groups excluding carboxylic acids is 7. The van der Waals surface area contributed by atoms with Gasteiger partial charge in [0.25, 0.3) is 0 Å². The molecule has 2 aromatic carbocycles. The number of rotatable bonds is 19. The van der Waals surface area contributed by atoms with Gasteiger partial charge in [-0.05, 0) is 158 Å². The van der Waals surface area contributed by atoms with Gasteiger partial charge in [-0.3, -0.25) is 28.8 Å². The number of hydrogen-bond donors (Lipinski definition) is 2. The number of aryl methyl sites for hydroxylation is 3. The number of amides is 2. The number of alkyl carbamates (subject to hydrolysis) is 1. The fourth-order valence-electron chi connectivity index (χ4n) is 7.18. The van der Waals surface area contributed by atoms with Gasteiger partial charge in [0.05, 0.1) is 39.0 Å². The number of ether oxygens (including phenoxy) is 8. The topological polar surface area (TPSA) is 248 Å². The van der Waals surface area contributed by atoms with Crippen LogP contribution < -0.4 is 20.1 Å². The van der Waals surface area contributed by atoms with Crippen molar-refractivity contribution in [2.24, 2.45) is 27.1 Å². The SMILES string of the molecule is CC(C)(C)C(=O)OC[C@H]1O[C@@H](Oc2nn(CCCNC(=O)CNC(=O)OCc3ccccc3)c3nccc(CCc4ccc(OC(=O)C(C)(C)C)cc4)c23)[C@H](OC(=O)C(C)(C)C)[C@@H](OC(=O)C(C)(C)C)[C@@H]1OC(=O)C(C)(C)C. The zero-order valence-electron chi connectivity index (χ0n) is 47.9. The van der Waals surface area contributed by atoms with Gasteiger partial charge in [0.2, 0.25) is 24.2 Å².